The summed E-state index contributed by atoms with van der Waals surface area (Å²) in [7, 11) is 0. The van der Waals surface area contributed by atoms with E-state index in [1.807, 2.05) is 0 Å². The molecule has 0 heteroatoms. The van der Waals surface area contributed by atoms with Gasteiger partial charge in [0.05, 0.1) is 0 Å². The molecule has 79 valence electrons. The minimum atomic E-state index is 0.454. The van der Waals surface area contributed by atoms with Crippen molar-refractivity contribution in [3.05, 3.63) is 70.8 Å². The summed E-state index contributed by atoms with van der Waals surface area (Å²) in [6.07, 6.45) is 14.5. The maximum Gasteiger partial charge on any atom is 0.0285 e. The molecule has 2 aliphatic carbocycles. The maximum absolute atomic E-state index is 3.51. The van der Waals surface area contributed by atoms with Gasteiger partial charge in [-0.1, -0.05) is 55.8 Å². The van der Waals surface area contributed by atoms with E-state index in [4.69, 9.17) is 0 Å². The zero-order chi connectivity index (χ0) is 11.0. The third-order valence-corrected chi connectivity index (χ3v) is 3.30. The first-order valence-corrected chi connectivity index (χ1v) is 6.00. The number of benzene rings is 1. The molecule has 1 aromatic carbocycles. The third-order valence-electron chi connectivity index (χ3n) is 3.30. The highest BCUT2D eigenvalue weighted by Crippen LogP contribution is 2.38. The van der Waals surface area contributed by atoms with Gasteiger partial charge in [0.1, 0.15) is 0 Å². The number of hydrogen-bond acceptors (Lipinski definition) is 0. The molecule has 0 N–H and O–H groups in total. The van der Waals surface area contributed by atoms with Crippen molar-refractivity contribution < 1.29 is 0 Å². The molecule has 0 aromatic heterocycles. The summed E-state index contributed by atoms with van der Waals surface area (Å²) in [5, 5.41) is 0. The van der Waals surface area contributed by atoms with Gasteiger partial charge in [-0.15, -0.1) is 0 Å². The summed E-state index contributed by atoms with van der Waals surface area (Å²) in [6, 6.07) is 6.83. The van der Waals surface area contributed by atoms with Crippen LogP contribution in [-0.2, 0) is 6.42 Å². The average molecular weight is 207 g/mol. The van der Waals surface area contributed by atoms with E-state index in [2.05, 4.69) is 55.5 Å². The maximum atomic E-state index is 3.51. The predicted octanol–water partition coefficient (Wildman–Crippen LogP) is 3.94. The molecular formula is C16H15. The summed E-state index contributed by atoms with van der Waals surface area (Å²) >= 11 is 0. The Morgan fingerprint density at radius 1 is 1.25 bits per heavy atom. The van der Waals surface area contributed by atoms with Gasteiger partial charge in [-0.25, -0.2) is 0 Å². The quantitative estimate of drug-likeness (QED) is 0.689. The molecule has 0 aliphatic heterocycles. The summed E-state index contributed by atoms with van der Waals surface area (Å²) < 4.78 is 0. The van der Waals surface area contributed by atoms with E-state index in [0.717, 1.165) is 0 Å². The molecule has 16 heavy (non-hydrogen) atoms. The molecule has 0 amide bonds. The van der Waals surface area contributed by atoms with Crippen LogP contribution in [0.1, 0.15) is 36.0 Å². The predicted molar refractivity (Wildman–Crippen MR) is 67.3 cm³/mol. The Kier molecular flexibility index (Phi) is 2.28. The second-order valence-corrected chi connectivity index (χ2v) is 4.47. The van der Waals surface area contributed by atoms with Gasteiger partial charge < -0.3 is 0 Å². The third kappa shape index (κ3) is 1.46. The normalized spacial score (nSPS) is 20.6. The Labute approximate surface area is 97.0 Å². The van der Waals surface area contributed by atoms with Crippen LogP contribution in [0.5, 0.6) is 0 Å². The van der Waals surface area contributed by atoms with E-state index >= 15 is 0 Å². The Hall–Kier alpha value is -1.56. The zero-order valence-electron chi connectivity index (χ0n) is 9.53. The molecule has 0 saturated carbocycles. The Bertz CT molecular complexity index is 501. The Morgan fingerprint density at radius 2 is 2.19 bits per heavy atom. The van der Waals surface area contributed by atoms with Crippen molar-refractivity contribution in [3.8, 4) is 0 Å². The van der Waals surface area contributed by atoms with Crippen LogP contribution in [0.2, 0.25) is 0 Å². The van der Waals surface area contributed by atoms with E-state index in [-0.39, 0.29) is 0 Å². The monoisotopic (exact) mass is 207 g/mol. The second-order valence-electron chi connectivity index (χ2n) is 4.47. The first-order chi connectivity index (χ1) is 7.88. The lowest BCUT2D eigenvalue weighted by molar-refractivity contribution is 0.918. The molecule has 1 radical (unpaired) electrons. The van der Waals surface area contributed by atoms with Gasteiger partial charge in [0, 0.05) is 5.92 Å². The summed E-state index contributed by atoms with van der Waals surface area (Å²) in [5.41, 5.74) is 5.45. The molecular weight excluding hydrogens is 192 g/mol. The molecule has 0 bridgehead atoms. The molecule has 0 heterocycles. The summed E-state index contributed by atoms with van der Waals surface area (Å²) in [6.45, 7) is 2.22. The van der Waals surface area contributed by atoms with Gasteiger partial charge in [-0.3, -0.25) is 0 Å². The lowest BCUT2D eigenvalue weighted by Crippen LogP contribution is -1.96. The zero-order valence-corrected chi connectivity index (χ0v) is 9.53. The fourth-order valence-electron chi connectivity index (χ4n) is 2.52. The van der Waals surface area contributed by atoms with Crippen molar-refractivity contribution in [2.75, 3.05) is 0 Å². The highest BCUT2D eigenvalue weighted by molar-refractivity contribution is 5.56. The van der Waals surface area contributed by atoms with Gasteiger partial charge in [0.15, 0.2) is 0 Å². The number of aryl methyl sites for hydroxylation is 1. The minimum Gasteiger partial charge on any atom is -0.0726 e. The molecule has 0 spiro atoms. The van der Waals surface area contributed by atoms with Crippen LogP contribution in [0.25, 0.3) is 0 Å². The first-order valence-electron chi connectivity index (χ1n) is 6.00. The lowest BCUT2D eigenvalue weighted by atomic mass is 9.92. The minimum absolute atomic E-state index is 0.454. The molecule has 0 saturated heterocycles. The van der Waals surface area contributed by atoms with Gasteiger partial charge in [0.25, 0.3) is 0 Å². The highest BCUT2D eigenvalue weighted by atomic mass is 14.3. The second kappa shape index (κ2) is 3.79. The SMILES string of the molecule is CCCc1ccc2c(c1)[C]=C1C=CC=CC12. The van der Waals surface area contributed by atoms with Gasteiger partial charge in [-0.05, 0) is 34.8 Å². The number of allylic oxidation sites excluding steroid dienone is 5. The molecule has 0 nitrogen and oxygen atoms in total. The van der Waals surface area contributed by atoms with Gasteiger partial charge >= 0.3 is 0 Å². The highest BCUT2D eigenvalue weighted by Gasteiger charge is 2.22. The number of fused-ring (bicyclic) bond motifs is 3. The van der Waals surface area contributed by atoms with Crippen molar-refractivity contribution in [1.82, 2.24) is 0 Å². The van der Waals surface area contributed by atoms with Crippen LogP contribution >= 0.6 is 0 Å². The van der Waals surface area contributed by atoms with Crippen molar-refractivity contribution in [2.45, 2.75) is 25.7 Å². The van der Waals surface area contributed by atoms with E-state index in [1.54, 1.807) is 0 Å². The Balaban J connectivity index is 2.03. The van der Waals surface area contributed by atoms with Crippen LogP contribution in [0.15, 0.2) is 48.1 Å². The standard InChI is InChI=1S/C16H15/c1-2-5-12-8-9-16-14(10-12)11-13-6-3-4-7-15(13)16/h3-4,6-10,15H,2,5H2,1H3. The number of hydrogen-bond donors (Lipinski definition) is 0. The van der Waals surface area contributed by atoms with Crippen LogP contribution < -0.4 is 0 Å². The lowest BCUT2D eigenvalue weighted by Gasteiger charge is -2.12. The van der Waals surface area contributed by atoms with Crippen molar-refractivity contribution >= 4 is 0 Å². The van der Waals surface area contributed by atoms with E-state index < -0.39 is 0 Å². The largest absolute Gasteiger partial charge is 0.0726 e. The van der Waals surface area contributed by atoms with Crippen molar-refractivity contribution in [2.24, 2.45) is 0 Å². The van der Waals surface area contributed by atoms with Crippen molar-refractivity contribution in [3.63, 3.8) is 0 Å². The fraction of sp³-hybridized carbons (Fsp3) is 0.250. The summed E-state index contributed by atoms with van der Waals surface area (Å²) in [5.74, 6) is 0.454. The van der Waals surface area contributed by atoms with Gasteiger partial charge in [-0.2, -0.15) is 0 Å². The molecule has 1 atom stereocenters. The average Bonchev–Trinajstić information content (AvgIpc) is 2.67. The molecule has 0 fully saturated rings. The van der Waals surface area contributed by atoms with Crippen LogP contribution in [0.3, 0.4) is 0 Å². The van der Waals surface area contributed by atoms with Crippen LogP contribution in [0, 0.1) is 6.08 Å². The van der Waals surface area contributed by atoms with E-state index in [1.165, 1.54) is 35.1 Å². The van der Waals surface area contributed by atoms with Crippen molar-refractivity contribution in [1.29, 1.82) is 0 Å². The van der Waals surface area contributed by atoms with E-state index in [0.29, 0.717) is 5.92 Å². The number of rotatable bonds is 2. The molecule has 1 unspecified atom stereocenters. The topological polar surface area (TPSA) is 0 Å². The fourth-order valence-corrected chi connectivity index (χ4v) is 2.52. The smallest absolute Gasteiger partial charge is 0.0285 e. The molecule has 3 rings (SSSR count). The summed E-state index contributed by atoms with van der Waals surface area (Å²) in [4.78, 5) is 0. The van der Waals surface area contributed by atoms with Crippen LogP contribution in [-0.4, -0.2) is 0 Å². The Morgan fingerprint density at radius 3 is 3.06 bits per heavy atom. The van der Waals surface area contributed by atoms with E-state index in [9.17, 15) is 0 Å². The van der Waals surface area contributed by atoms with Crippen LogP contribution in [0.4, 0.5) is 0 Å². The first kappa shape index (κ1) is 9.65. The molecule has 2 aliphatic rings. The molecule has 1 aromatic rings. The van der Waals surface area contributed by atoms with Gasteiger partial charge in [0.2, 0.25) is 0 Å².